The summed E-state index contributed by atoms with van der Waals surface area (Å²) < 4.78 is 18.0. The zero-order valence-electron chi connectivity index (χ0n) is 21.2. The van der Waals surface area contributed by atoms with Crippen molar-refractivity contribution >= 4 is 30.0 Å². The SMILES string of the molecule is COc1ccccc1/C=C/C=N\NC(=O)CSc1nnc(-c2ccc(OC)c(OC)c2)n1-c1ccccc1. The van der Waals surface area contributed by atoms with Crippen molar-refractivity contribution in [3.63, 3.8) is 0 Å². The number of ether oxygens (including phenoxy) is 3. The second-order valence-corrected chi connectivity index (χ2v) is 8.69. The number of thioether (sulfide) groups is 1. The van der Waals surface area contributed by atoms with Gasteiger partial charge in [0.25, 0.3) is 5.91 Å². The van der Waals surface area contributed by atoms with E-state index >= 15 is 0 Å². The van der Waals surface area contributed by atoms with Crippen molar-refractivity contribution in [2.45, 2.75) is 5.16 Å². The van der Waals surface area contributed by atoms with Crippen LogP contribution in [0.3, 0.4) is 0 Å². The molecule has 9 nitrogen and oxygen atoms in total. The lowest BCUT2D eigenvalue weighted by Crippen LogP contribution is -2.19. The smallest absolute Gasteiger partial charge is 0.250 e. The molecule has 194 valence electrons. The van der Waals surface area contributed by atoms with Gasteiger partial charge >= 0.3 is 0 Å². The van der Waals surface area contributed by atoms with Crippen LogP contribution in [-0.4, -0.2) is 54.0 Å². The summed E-state index contributed by atoms with van der Waals surface area (Å²) in [7, 11) is 4.79. The fourth-order valence-electron chi connectivity index (χ4n) is 3.60. The molecule has 0 aliphatic heterocycles. The zero-order chi connectivity index (χ0) is 26.7. The van der Waals surface area contributed by atoms with Crippen LogP contribution >= 0.6 is 11.8 Å². The van der Waals surface area contributed by atoms with Crippen LogP contribution in [-0.2, 0) is 4.79 Å². The van der Waals surface area contributed by atoms with Gasteiger partial charge in [-0.15, -0.1) is 10.2 Å². The van der Waals surface area contributed by atoms with Crippen molar-refractivity contribution in [1.82, 2.24) is 20.2 Å². The number of methoxy groups -OCH3 is 3. The van der Waals surface area contributed by atoms with E-state index < -0.39 is 0 Å². The molecule has 0 radical (unpaired) electrons. The highest BCUT2D eigenvalue weighted by atomic mass is 32.2. The van der Waals surface area contributed by atoms with Crippen LogP contribution in [0.5, 0.6) is 17.2 Å². The molecule has 4 aromatic rings. The first-order valence-electron chi connectivity index (χ1n) is 11.6. The summed E-state index contributed by atoms with van der Waals surface area (Å²) in [6.45, 7) is 0. The molecule has 1 aromatic heterocycles. The summed E-state index contributed by atoms with van der Waals surface area (Å²) in [5.41, 5.74) is 5.10. The molecule has 0 atom stereocenters. The molecule has 0 unspecified atom stereocenters. The minimum absolute atomic E-state index is 0.102. The van der Waals surface area contributed by atoms with Crippen LogP contribution in [0.2, 0.25) is 0 Å². The number of hydrogen-bond donors (Lipinski definition) is 1. The van der Waals surface area contributed by atoms with Crippen LogP contribution in [0.4, 0.5) is 0 Å². The molecule has 10 heteroatoms. The topological polar surface area (TPSA) is 99.9 Å². The highest BCUT2D eigenvalue weighted by Crippen LogP contribution is 2.34. The molecule has 0 bridgehead atoms. The Morgan fingerprint density at radius 1 is 0.921 bits per heavy atom. The van der Waals surface area contributed by atoms with Crippen molar-refractivity contribution in [3.8, 4) is 34.3 Å². The number of allylic oxidation sites excluding steroid dienone is 1. The second kappa shape index (κ2) is 13.1. The first kappa shape index (κ1) is 26.5. The number of benzene rings is 3. The van der Waals surface area contributed by atoms with E-state index in [1.165, 1.54) is 18.0 Å². The fraction of sp³-hybridized carbons (Fsp3) is 0.143. The van der Waals surface area contributed by atoms with Gasteiger partial charge in [-0.25, -0.2) is 5.43 Å². The van der Waals surface area contributed by atoms with E-state index in [0.29, 0.717) is 22.5 Å². The van der Waals surface area contributed by atoms with Gasteiger partial charge in [0.1, 0.15) is 5.75 Å². The maximum Gasteiger partial charge on any atom is 0.250 e. The van der Waals surface area contributed by atoms with E-state index in [1.807, 2.05) is 83.4 Å². The summed E-state index contributed by atoms with van der Waals surface area (Å²) in [5.74, 6) is 2.40. The molecule has 1 amide bonds. The van der Waals surface area contributed by atoms with E-state index in [2.05, 4.69) is 20.7 Å². The number of carbonyl (C=O) groups excluding carboxylic acids is 1. The second-order valence-electron chi connectivity index (χ2n) is 7.75. The summed E-state index contributed by atoms with van der Waals surface area (Å²) in [6.07, 6.45) is 5.09. The number of aromatic nitrogens is 3. The van der Waals surface area contributed by atoms with E-state index in [-0.39, 0.29) is 11.7 Å². The van der Waals surface area contributed by atoms with Crippen LogP contribution in [0.1, 0.15) is 5.56 Å². The van der Waals surface area contributed by atoms with Crippen molar-refractivity contribution < 1.29 is 19.0 Å². The molecule has 38 heavy (non-hydrogen) atoms. The van der Waals surface area contributed by atoms with Crippen LogP contribution in [0.25, 0.3) is 23.2 Å². The summed E-state index contributed by atoms with van der Waals surface area (Å²) in [4.78, 5) is 12.5. The number of hydrogen-bond acceptors (Lipinski definition) is 8. The third-order valence-electron chi connectivity index (χ3n) is 5.39. The van der Waals surface area contributed by atoms with Gasteiger partial charge in [-0.2, -0.15) is 5.10 Å². The van der Waals surface area contributed by atoms with Crippen molar-refractivity contribution in [1.29, 1.82) is 0 Å². The monoisotopic (exact) mass is 529 g/mol. The van der Waals surface area contributed by atoms with E-state index in [4.69, 9.17) is 14.2 Å². The maximum atomic E-state index is 12.5. The van der Waals surface area contributed by atoms with Crippen molar-refractivity contribution in [3.05, 3.63) is 84.4 Å². The van der Waals surface area contributed by atoms with Crippen LogP contribution < -0.4 is 19.6 Å². The van der Waals surface area contributed by atoms with E-state index in [0.717, 1.165) is 22.6 Å². The van der Waals surface area contributed by atoms with Crippen molar-refractivity contribution in [2.75, 3.05) is 27.1 Å². The minimum Gasteiger partial charge on any atom is -0.496 e. The summed E-state index contributed by atoms with van der Waals surface area (Å²) >= 11 is 1.26. The molecule has 0 aliphatic carbocycles. The van der Waals surface area contributed by atoms with Gasteiger partial charge in [0.2, 0.25) is 0 Å². The van der Waals surface area contributed by atoms with E-state index in [9.17, 15) is 4.79 Å². The molecule has 0 spiro atoms. The fourth-order valence-corrected chi connectivity index (χ4v) is 4.35. The lowest BCUT2D eigenvalue weighted by molar-refractivity contribution is -0.118. The quantitative estimate of drug-likeness (QED) is 0.168. The largest absolute Gasteiger partial charge is 0.496 e. The Morgan fingerprint density at radius 2 is 1.66 bits per heavy atom. The lowest BCUT2D eigenvalue weighted by Gasteiger charge is -2.12. The Bertz CT molecular complexity index is 1440. The van der Waals surface area contributed by atoms with Crippen molar-refractivity contribution in [2.24, 2.45) is 5.10 Å². The average molecular weight is 530 g/mol. The third-order valence-corrected chi connectivity index (χ3v) is 6.32. The lowest BCUT2D eigenvalue weighted by atomic mass is 10.2. The zero-order valence-corrected chi connectivity index (χ0v) is 22.0. The van der Waals surface area contributed by atoms with Gasteiger partial charge in [0.15, 0.2) is 22.5 Å². The standard InChI is InChI=1S/C28H27N5O4S/c1-35-23-14-8-7-10-20(23)11-9-17-29-30-26(34)19-38-28-32-31-27(33(28)22-12-5-4-6-13-22)21-15-16-24(36-2)25(18-21)37-3/h4-18H,19H2,1-3H3,(H,30,34)/b11-9+,29-17-. The Hall–Kier alpha value is -4.57. The molecule has 0 aliphatic rings. The number of nitrogens with zero attached hydrogens (tertiary/aromatic N) is 4. The van der Waals surface area contributed by atoms with Gasteiger partial charge in [0, 0.05) is 23.0 Å². The van der Waals surface area contributed by atoms with Crippen LogP contribution in [0, 0.1) is 0 Å². The van der Waals surface area contributed by atoms with Gasteiger partial charge < -0.3 is 14.2 Å². The van der Waals surface area contributed by atoms with Gasteiger partial charge in [-0.3, -0.25) is 9.36 Å². The van der Waals surface area contributed by atoms with Gasteiger partial charge in [-0.1, -0.05) is 48.2 Å². The molecule has 0 saturated carbocycles. The number of para-hydroxylation sites is 2. The predicted octanol–water partition coefficient (Wildman–Crippen LogP) is 4.87. The highest BCUT2D eigenvalue weighted by Gasteiger charge is 2.18. The first-order chi connectivity index (χ1) is 18.6. The number of nitrogens with one attached hydrogen (secondary N) is 1. The summed E-state index contributed by atoms with van der Waals surface area (Å²) in [6, 6.07) is 22.9. The van der Waals surface area contributed by atoms with E-state index in [1.54, 1.807) is 27.4 Å². The molecule has 4 rings (SSSR count). The third kappa shape index (κ3) is 6.40. The summed E-state index contributed by atoms with van der Waals surface area (Å²) in [5, 5.41) is 13.3. The molecule has 0 saturated heterocycles. The Kier molecular flexibility index (Phi) is 9.14. The number of carbonyl (C=O) groups is 1. The highest BCUT2D eigenvalue weighted by molar-refractivity contribution is 7.99. The van der Waals surface area contributed by atoms with Crippen LogP contribution in [0.15, 0.2) is 89.1 Å². The Morgan fingerprint density at radius 3 is 2.42 bits per heavy atom. The first-order valence-corrected chi connectivity index (χ1v) is 12.6. The number of amides is 1. The Labute approximate surface area is 225 Å². The minimum atomic E-state index is -0.271. The molecule has 1 N–H and O–H groups in total. The molecule has 0 fully saturated rings. The molecule has 3 aromatic carbocycles. The van der Waals surface area contributed by atoms with Gasteiger partial charge in [-0.05, 0) is 48.6 Å². The Balaban J connectivity index is 1.47. The predicted molar refractivity (Wildman–Crippen MR) is 149 cm³/mol. The molecule has 1 heterocycles. The molecular formula is C28H27N5O4S. The molecular weight excluding hydrogens is 502 g/mol. The number of hydrazone groups is 1. The van der Waals surface area contributed by atoms with Gasteiger partial charge in [0.05, 0.1) is 27.1 Å². The normalized spacial score (nSPS) is 11.1. The average Bonchev–Trinajstić information content (AvgIpc) is 3.40. The number of rotatable bonds is 11. The maximum absolute atomic E-state index is 12.5.